The van der Waals surface area contributed by atoms with Crippen LogP contribution in [0.5, 0.6) is 5.75 Å². The highest BCUT2D eigenvalue weighted by molar-refractivity contribution is 5.99. The Kier molecular flexibility index (Phi) is 7.93. The average molecular weight is 461 g/mol. The third kappa shape index (κ3) is 5.28. The van der Waals surface area contributed by atoms with Crippen molar-refractivity contribution in [3.05, 3.63) is 29.8 Å². The number of hydrogen-bond acceptors (Lipinski definition) is 8. The molecule has 2 aliphatic rings. The number of likely N-dealkylation sites (tertiary alicyclic amines) is 1. The molecule has 1 aromatic carbocycles. The van der Waals surface area contributed by atoms with Crippen LogP contribution < -0.4 is 9.64 Å². The SMILES string of the molecule is COc1ccc(-c2onc(N3CCCN(C)C4(CCN(C)CC4)C3)c2C(=O)O)cc1.O=CO. The van der Waals surface area contributed by atoms with E-state index < -0.39 is 5.97 Å². The first-order valence-corrected chi connectivity index (χ1v) is 10.9. The van der Waals surface area contributed by atoms with Gasteiger partial charge in [-0.15, -0.1) is 0 Å². The highest BCUT2D eigenvalue weighted by Crippen LogP contribution is 2.37. The first kappa shape index (κ1) is 24.5. The Hall–Kier alpha value is -3.11. The van der Waals surface area contributed by atoms with Gasteiger partial charge in [0.15, 0.2) is 17.1 Å². The molecular formula is C23H32N4O6. The number of benzene rings is 1. The molecule has 0 unspecified atom stereocenters. The average Bonchev–Trinajstić information content (AvgIpc) is 3.19. The van der Waals surface area contributed by atoms with E-state index in [9.17, 15) is 9.90 Å². The highest BCUT2D eigenvalue weighted by atomic mass is 16.5. The van der Waals surface area contributed by atoms with Crippen LogP contribution in [0.1, 0.15) is 29.6 Å². The molecule has 1 spiro atoms. The fourth-order valence-electron chi connectivity index (χ4n) is 4.68. The number of carbonyl (C=O) groups is 2. The molecular weight excluding hydrogens is 428 g/mol. The number of hydrogen-bond donors (Lipinski definition) is 2. The third-order valence-electron chi connectivity index (χ3n) is 6.67. The van der Waals surface area contributed by atoms with Crippen LogP contribution in [0.4, 0.5) is 5.82 Å². The van der Waals surface area contributed by atoms with E-state index >= 15 is 0 Å². The summed E-state index contributed by atoms with van der Waals surface area (Å²) in [5.74, 6) is 0.402. The van der Waals surface area contributed by atoms with Crippen LogP contribution in [0, 0.1) is 0 Å². The van der Waals surface area contributed by atoms with Gasteiger partial charge in [0.2, 0.25) is 0 Å². The van der Waals surface area contributed by atoms with E-state index in [1.54, 1.807) is 31.4 Å². The van der Waals surface area contributed by atoms with Gasteiger partial charge < -0.3 is 29.3 Å². The lowest BCUT2D eigenvalue weighted by Gasteiger charge is -2.47. The van der Waals surface area contributed by atoms with Crippen molar-refractivity contribution in [1.82, 2.24) is 15.0 Å². The predicted octanol–water partition coefficient (Wildman–Crippen LogP) is 2.36. The van der Waals surface area contributed by atoms with Gasteiger partial charge in [0.1, 0.15) is 5.75 Å². The lowest BCUT2D eigenvalue weighted by Crippen LogP contribution is -2.57. The largest absolute Gasteiger partial charge is 0.497 e. The third-order valence-corrected chi connectivity index (χ3v) is 6.67. The van der Waals surface area contributed by atoms with Gasteiger partial charge in [-0.1, -0.05) is 5.16 Å². The fourth-order valence-corrected chi connectivity index (χ4v) is 4.68. The number of ether oxygens (including phenoxy) is 1. The quantitative estimate of drug-likeness (QED) is 0.658. The second-order valence-electron chi connectivity index (χ2n) is 8.57. The summed E-state index contributed by atoms with van der Waals surface area (Å²) in [5, 5.41) is 21.2. The number of nitrogens with zero attached hydrogens (tertiary/aromatic N) is 4. The molecule has 10 nitrogen and oxygen atoms in total. The summed E-state index contributed by atoms with van der Waals surface area (Å²) in [4.78, 5) is 27.5. The second kappa shape index (κ2) is 10.7. The van der Waals surface area contributed by atoms with E-state index in [1.807, 2.05) is 0 Å². The van der Waals surface area contributed by atoms with E-state index in [2.05, 4.69) is 34.0 Å². The normalized spacial score (nSPS) is 18.8. The maximum absolute atomic E-state index is 12.2. The van der Waals surface area contributed by atoms with Gasteiger partial charge in [0.25, 0.3) is 6.47 Å². The Labute approximate surface area is 193 Å². The number of piperidine rings is 1. The van der Waals surface area contributed by atoms with Crippen LogP contribution in [0.3, 0.4) is 0 Å². The van der Waals surface area contributed by atoms with Crippen molar-refractivity contribution >= 4 is 18.3 Å². The molecule has 0 aliphatic carbocycles. The standard InChI is InChI=1S/C22H30N4O4.CH2O2/c1-24-13-9-22(10-14-24)15-26(12-4-11-25(22)2)20-18(21(27)28)19(30-23-20)16-5-7-17(29-3)8-6-16;2-1-3/h5-8H,4,9-15H2,1-3H3,(H,27,28);1H,(H,2,3). The smallest absolute Gasteiger partial charge is 0.343 e. The number of carboxylic acids is 1. The number of aromatic nitrogens is 1. The number of methoxy groups -OCH3 is 1. The molecule has 0 amide bonds. The monoisotopic (exact) mass is 460 g/mol. The molecule has 2 N–H and O–H groups in total. The maximum atomic E-state index is 12.2. The van der Waals surface area contributed by atoms with Crippen molar-refractivity contribution in [3.8, 4) is 17.1 Å². The zero-order chi connectivity index (χ0) is 24.0. The van der Waals surface area contributed by atoms with Gasteiger partial charge >= 0.3 is 5.97 Å². The molecule has 0 saturated carbocycles. The number of rotatable bonds is 4. The fraction of sp³-hybridized carbons (Fsp3) is 0.522. The van der Waals surface area contributed by atoms with E-state index in [4.69, 9.17) is 19.2 Å². The van der Waals surface area contributed by atoms with Crippen LogP contribution in [0.2, 0.25) is 0 Å². The zero-order valence-electron chi connectivity index (χ0n) is 19.4. The van der Waals surface area contributed by atoms with Crippen molar-refractivity contribution < 1.29 is 29.1 Å². The molecule has 1 aromatic heterocycles. The predicted molar refractivity (Wildman–Crippen MR) is 123 cm³/mol. The molecule has 0 bridgehead atoms. The topological polar surface area (TPSA) is 120 Å². The van der Waals surface area contributed by atoms with Crippen LogP contribution >= 0.6 is 0 Å². The molecule has 33 heavy (non-hydrogen) atoms. The highest BCUT2D eigenvalue weighted by Gasteiger charge is 2.42. The Balaban J connectivity index is 0.000000968. The summed E-state index contributed by atoms with van der Waals surface area (Å²) in [6.45, 7) is 4.34. The minimum Gasteiger partial charge on any atom is -0.497 e. The number of aromatic carboxylic acids is 1. The lowest BCUT2D eigenvalue weighted by atomic mass is 9.85. The molecule has 2 saturated heterocycles. The lowest BCUT2D eigenvalue weighted by molar-refractivity contribution is -0.122. The Bertz CT molecular complexity index is 937. The Morgan fingerprint density at radius 2 is 1.79 bits per heavy atom. The van der Waals surface area contributed by atoms with Gasteiger partial charge in [-0.3, -0.25) is 9.69 Å². The first-order chi connectivity index (χ1) is 15.8. The van der Waals surface area contributed by atoms with E-state index in [0.717, 1.165) is 52.0 Å². The summed E-state index contributed by atoms with van der Waals surface area (Å²) in [6, 6.07) is 7.17. The number of carboxylic acid groups (broad SMARTS) is 2. The van der Waals surface area contributed by atoms with Crippen molar-refractivity contribution in [2.45, 2.75) is 24.8 Å². The molecule has 0 atom stereocenters. The molecule has 2 aromatic rings. The van der Waals surface area contributed by atoms with Crippen molar-refractivity contribution in [2.24, 2.45) is 0 Å². The van der Waals surface area contributed by atoms with Crippen LogP contribution in [0.25, 0.3) is 11.3 Å². The first-order valence-electron chi connectivity index (χ1n) is 10.9. The van der Waals surface area contributed by atoms with Gasteiger partial charge in [0.05, 0.1) is 7.11 Å². The number of likely N-dealkylation sites (N-methyl/N-ethyl adjacent to an activating group) is 1. The van der Waals surface area contributed by atoms with Crippen molar-refractivity contribution in [3.63, 3.8) is 0 Å². The van der Waals surface area contributed by atoms with Crippen LogP contribution in [-0.4, -0.2) is 97.1 Å². The summed E-state index contributed by atoms with van der Waals surface area (Å²) in [5.41, 5.74) is 0.832. The summed E-state index contributed by atoms with van der Waals surface area (Å²) < 4.78 is 10.8. The van der Waals surface area contributed by atoms with Crippen LogP contribution in [-0.2, 0) is 4.79 Å². The molecule has 2 fully saturated rings. The Morgan fingerprint density at radius 3 is 2.36 bits per heavy atom. The van der Waals surface area contributed by atoms with Crippen molar-refractivity contribution in [2.75, 3.05) is 58.8 Å². The summed E-state index contributed by atoms with van der Waals surface area (Å²) >= 11 is 0. The number of anilines is 1. The molecule has 4 rings (SSSR count). The zero-order valence-corrected chi connectivity index (χ0v) is 19.4. The summed E-state index contributed by atoms with van der Waals surface area (Å²) in [6.07, 6.45) is 3.07. The Morgan fingerprint density at radius 1 is 1.15 bits per heavy atom. The molecule has 2 aliphatic heterocycles. The van der Waals surface area contributed by atoms with Gasteiger partial charge in [-0.2, -0.15) is 0 Å². The molecule has 3 heterocycles. The minimum absolute atomic E-state index is 0.0258. The molecule has 0 radical (unpaired) electrons. The summed E-state index contributed by atoms with van der Waals surface area (Å²) in [7, 11) is 5.95. The van der Waals surface area contributed by atoms with Gasteiger partial charge in [0, 0.05) is 30.7 Å². The molecule has 10 heteroatoms. The maximum Gasteiger partial charge on any atom is 0.343 e. The van der Waals surface area contributed by atoms with E-state index in [0.29, 0.717) is 17.1 Å². The van der Waals surface area contributed by atoms with Crippen molar-refractivity contribution in [1.29, 1.82) is 0 Å². The van der Waals surface area contributed by atoms with Gasteiger partial charge in [-0.05, 0) is 70.7 Å². The molecule has 180 valence electrons. The van der Waals surface area contributed by atoms with E-state index in [-0.39, 0.29) is 23.3 Å². The van der Waals surface area contributed by atoms with Gasteiger partial charge in [-0.25, -0.2) is 4.79 Å². The van der Waals surface area contributed by atoms with Crippen LogP contribution in [0.15, 0.2) is 28.8 Å². The minimum atomic E-state index is -1.02. The van der Waals surface area contributed by atoms with E-state index in [1.165, 1.54) is 0 Å². The second-order valence-corrected chi connectivity index (χ2v) is 8.57.